The number of aliphatic hydroxyl groups excluding tert-OH is 1. The van der Waals surface area contributed by atoms with Gasteiger partial charge in [0.2, 0.25) is 6.04 Å². The van der Waals surface area contributed by atoms with Crippen molar-refractivity contribution in [2.75, 3.05) is 6.61 Å². The summed E-state index contributed by atoms with van der Waals surface area (Å²) in [5, 5.41) is 39.8. The Kier molecular flexibility index (Phi) is 11.4. The van der Waals surface area contributed by atoms with Crippen molar-refractivity contribution in [3.05, 3.63) is 10.1 Å². The molecule has 4 fully saturated rings. The van der Waals surface area contributed by atoms with Gasteiger partial charge >= 0.3 is 17.9 Å². The topological polar surface area (TPSA) is 183 Å². The normalized spacial score (nSPS) is 38.1. The Morgan fingerprint density at radius 1 is 0.732 bits per heavy atom. The van der Waals surface area contributed by atoms with Crippen LogP contribution in [0.4, 0.5) is 0 Å². The molecule has 232 valence electrons. The van der Waals surface area contributed by atoms with E-state index in [1.165, 1.54) is 0 Å². The van der Waals surface area contributed by atoms with Crippen molar-refractivity contribution in [1.29, 1.82) is 0 Å². The third-order valence-electron chi connectivity index (χ3n) is 10.0. The average molecular weight is 584 g/mol. The van der Waals surface area contributed by atoms with Crippen molar-refractivity contribution in [1.82, 2.24) is 0 Å². The number of hydrogen-bond acceptors (Lipinski definition) is 9. The van der Waals surface area contributed by atoms with Gasteiger partial charge in [-0.2, -0.15) is 0 Å². The van der Waals surface area contributed by atoms with Gasteiger partial charge in [0.25, 0.3) is 0 Å². The molecule has 4 saturated carbocycles. The Labute approximate surface area is 240 Å². The summed E-state index contributed by atoms with van der Waals surface area (Å²) in [5.41, 5.74) is 0. The standard InChI is InChI=1S/C29H45NO11/c31-21-7-5-19(25(15-21)27(32)33)16-39-41-23-10-3-18(4-11-23)13-17-1-8-22(9-2-17)40-29(36)24-12-6-20(30(37)38)14-26(24)28(34)35/h17-26,31H,1-16H2,(H,32,33)(H,34,35). The molecule has 3 N–H and O–H groups in total. The predicted molar refractivity (Wildman–Crippen MR) is 143 cm³/mol. The fourth-order valence-corrected chi connectivity index (χ4v) is 7.50. The maximum atomic E-state index is 12.8. The van der Waals surface area contributed by atoms with Crippen LogP contribution in [0.2, 0.25) is 0 Å². The van der Waals surface area contributed by atoms with E-state index in [9.17, 15) is 39.8 Å². The Bertz CT molecular complexity index is 912. The Morgan fingerprint density at radius 3 is 1.93 bits per heavy atom. The highest BCUT2D eigenvalue weighted by Crippen LogP contribution is 2.38. The van der Waals surface area contributed by atoms with Gasteiger partial charge in [0.1, 0.15) is 6.10 Å². The highest BCUT2D eigenvalue weighted by atomic mass is 17.2. The minimum Gasteiger partial charge on any atom is -0.481 e. The Morgan fingerprint density at radius 2 is 1.34 bits per heavy atom. The van der Waals surface area contributed by atoms with E-state index in [0.717, 1.165) is 57.8 Å². The van der Waals surface area contributed by atoms with Gasteiger partial charge < -0.3 is 20.1 Å². The number of carbonyl (C=O) groups excluding carboxylic acids is 1. The van der Waals surface area contributed by atoms with Crippen molar-refractivity contribution in [3.63, 3.8) is 0 Å². The third kappa shape index (κ3) is 8.84. The molecule has 12 heteroatoms. The molecule has 0 spiro atoms. The molecule has 6 atom stereocenters. The highest BCUT2D eigenvalue weighted by molar-refractivity contribution is 5.81. The lowest BCUT2D eigenvalue weighted by atomic mass is 9.76. The molecule has 4 aliphatic carbocycles. The van der Waals surface area contributed by atoms with E-state index in [1.54, 1.807) is 0 Å². The quantitative estimate of drug-likeness (QED) is 0.138. The molecular weight excluding hydrogens is 538 g/mol. The number of hydrogen-bond donors (Lipinski definition) is 3. The summed E-state index contributed by atoms with van der Waals surface area (Å²) in [6, 6.07) is -0.922. The number of carboxylic acids is 2. The fraction of sp³-hybridized carbons (Fsp3) is 0.897. The predicted octanol–water partition coefficient (Wildman–Crippen LogP) is 3.99. The molecule has 0 bridgehead atoms. The molecule has 0 aromatic heterocycles. The third-order valence-corrected chi connectivity index (χ3v) is 10.0. The molecular formula is C29H45NO11. The van der Waals surface area contributed by atoms with Crippen LogP contribution < -0.4 is 0 Å². The van der Waals surface area contributed by atoms with Crippen LogP contribution in [0.3, 0.4) is 0 Å². The maximum absolute atomic E-state index is 12.8. The van der Waals surface area contributed by atoms with Gasteiger partial charge in [-0.15, -0.1) is 0 Å². The van der Waals surface area contributed by atoms with Crippen LogP contribution in [0.1, 0.15) is 96.3 Å². The number of nitrogens with zero attached hydrogens (tertiary/aromatic N) is 1. The monoisotopic (exact) mass is 583 g/mol. The SMILES string of the molecule is O=C(O)C1CC(O)CCC1COOC1CCC(CC2CCC(OC(=O)C3CCC([N+](=O)[O-])CC3C(=O)O)CC2)CC1. The van der Waals surface area contributed by atoms with Crippen molar-refractivity contribution < 1.29 is 49.1 Å². The van der Waals surface area contributed by atoms with Crippen LogP contribution >= 0.6 is 0 Å². The molecule has 0 aromatic carbocycles. The van der Waals surface area contributed by atoms with Crippen LogP contribution in [0.5, 0.6) is 0 Å². The molecule has 0 radical (unpaired) electrons. The van der Waals surface area contributed by atoms with E-state index in [0.29, 0.717) is 24.7 Å². The molecule has 6 unspecified atom stereocenters. The second kappa shape index (κ2) is 14.7. The van der Waals surface area contributed by atoms with E-state index in [4.69, 9.17) is 14.5 Å². The van der Waals surface area contributed by atoms with E-state index in [2.05, 4.69) is 0 Å². The van der Waals surface area contributed by atoms with Crippen LogP contribution in [0.25, 0.3) is 0 Å². The van der Waals surface area contributed by atoms with Crippen LogP contribution in [0.15, 0.2) is 0 Å². The minimum atomic E-state index is -1.18. The van der Waals surface area contributed by atoms with E-state index < -0.39 is 52.7 Å². The zero-order chi connectivity index (χ0) is 29.5. The van der Waals surface area contributed by atoms with Gasteiger partial charge in [-0.25, -0.2) is 9.78 Å². The highest BCUT2D eigenvalue weighted by Gasteiger charge is 2.45. The van der Waals surface area contributed by atoms with Crippen LogP contribution in [0, 0.1) is 45.6 Å². The molecule has 0 aromatic rings. The molecule has 0 heterocycles. The van der Waals surface area contributed by atoms with Gasteiger partial charge in [0.05, 0.1) is 36.6 Å². The van der Waals surface area contributed by atoms with Crippen LogP contribution in [-0.2, 0) is 28.9 Å². The first kappa shape index (κ1) is 31.6. The summed E-state index contributed by atoms with van der Waals surface area (Å²) < 4.78 is 5.72. The lowest BCUT2D eigenvalue weighted by molar-refractivity contribution is -0.528. The molecule has 0 saturated heterocycles. The lowest BCUT2D eigenvalue weighted by Crippen LogP contribution is -2.41. The van der Waals surface area contributed by atoms with Gasteiger partial charge in [0, 0.05) is 17.8 Å². The van der Waals surface area contributed by atoms with E-state index >= 15 is 0 Å². The lowest BCUT2D eigenvalue weighted by Gasteiger charge is -2.35. The van der Waals surface area contributed by atoms with E-state index in [1.807, 2.05) is 0 Å². The molecule has 0 amide bonds. The Balaban J connectivity index is 1.11. The van der Waals surface area contributed by atoms with Crippen LogP contribution in [-0.4, -0.2) is 69.1 Å². The molecule has 4 rings (SSSR count). The van der Waals surface area contributed by atoms with Crippen molar-refractivity contribution >= 4 is 17.9 Å². The molecule has 41 heavy (non-hydrogen) atoms. The summed E-state index contributed by atoms with van der Waals surface area (Å²) in [6.07, 6.45) is 9.31. The van der Waals surface area contributed by atoms with Gasteiger partial charge in [-0.05, 0) is 101 Å². The second-order valence-corrected chi connectivity index (χ2v) is 12.8. The number of ether oxygens (including phenoxy) is 1. The number of esters is 1. The zero-order valence-corrected chi connectivity index (χ0v) is 23.6. The summed E-state index contributed by atoms with van der Waals surface area (Å²) in [6.45, 7) is 0.231. The number of nitro groups is 1. The van der Waals surface area contributed by atoms with Gasteiger partial charge in [-0.1, -0.05) is 0 Å². The number of carbonyl (C=O) groups is 3. The second-order valence-electron chi connectivity index (χ2n) is 12.8. The molecule has 12 nitrogen and oxygen atoms in total. The summed E-state index contributed by atoms with van der Waals surface area (Å²) in [7, 11) is 0. The first-order valence-electron chi connectivity index (χ1n) is 15.4. The average Bonchev–Trinajstić information content (AvgIpc) is 2.95. The smallest absolute Gasteiger partial charge is 0.310 e. The van der Waals surface area contributed by atoms with Crippen molar-refractivity contribution in [2.24, 2.45) is 35.5 Å². The minimum absolute atomic E-state index is 0.00825. The summed E-state index contributed by atoms with van der Waals surface area (Å²) >= 11 is 0. The number of aliphatic carboxylic acids is 2. The number of aliphatic hydroxyl groups is 1. The largest absolute Gasteiger partial charge is 0.481 e. The first-order valence-corrected chi connectivity index (χ1v) is 15.4. The zero-order valence-electron chi connectivity index (χ0n) is 23.6. The number of carboxylic acid groups (broad SMARTS) is 2. The van der Waals surface area contributed by atoms with Gasteiger partial charge in [0.15, 0.2) is 0 Å². The molecule has 4 aliphatic rings. The van der Waals surface area contributed by atoms with Gasteiger partial charge in [-0.3, -0.25) is 24.5 Å². The number of rotatable bonds is 11. The summed E-state index contributed by atoms with van der Waals surface area (Å²) in [5.74, 6) is -4.09. The molecule has 0 aliphatic heterocycles. The Hall–Kier alpha value is -2.31. The van der Waals surface area contributed by atoms with Crippen molar-refractivity contribution in [2.45, 2.75) is 121 Å². The first-order chi connectivity index (χ1) is 19.6. The van der Waals surface area contributed by atoms with Crippen molar-refractivity contribution in [3.8, 4) is 0 Å². The maximum Gasteiger partial charge on any atom is 0.310 e. The fourth-order valence-electron chi connectivity index (χ4n) is 7.50. The van der Waals surface area contributed by atoms with E-state index in [-0.39, 0.29) is 50.4 Å². The summed E-state index contributed by atoms with van der Waals surface area (Å²) in [4.78, 5) is 57.8.